The zero-order valence-electron chi connectivity index (χ0n) is 25.8. The van der Waals surface area contributed by atoms with Crippen LogP contribution in [0.2, 0.25) is 0 Å². The molecule has 0 saturated carbocycles. The molecule has 1 atom stereocenters. The molecule has 0 radical (unpaired) electrons. The fourth-order valence-corrected chi connectivity index (χ4v) is 6.37. The summed E-state index contributed by atoms with van der Waals surface area (Å²) in [6, 6.07) is 46.3. The number of nitrogens with zero attached hydrogens (tertiary/aromatic N) is 2. The van der Waals surface area contributed by atoms with Crippen LogP contribution in [-0.2, 0) is 0 Å². The van der Waals surface area contributed by atoms with Gasteiger partial charge >= 0.3 is 0 Å². The Bertz CT molecular complexity index is 1740. The Balaban J connectivity index is 1.40. The van der Waals surface area contributed by atoms with Crippen LogP contribution in [-0.4, -0.2) is 4.57 Å². The summed E-state index contributed by atoms with van der Waals surface area (Å²) < 4.78 is 2.37. The monoisotopic (exact) mass is 550 g/mol. The summed E-state index contributed by atoms with van der Waals surface area (Å²) in [6.07, 6.45) is 1.16. The lowest BCUT2D eigenvalue weighted by atomic mass is 9.69. The van der Waals surface area contributed by atoms with E-state index in [0.29, 0.717) is 5.92 Å². The summed E-state index contributed by atoms with van der Waals surface area (Å²) in [7, 11) is 0. The summed E-state index contributed by atoms with van der Waals surface area (Å²) in [5.41, 5.74) is 8.94. The van der Waals surface area contributed by atoms with Gasteiger partial charge in [-0.05, 0) is 89.4 Å². The van der Waals surface area contributed by atoms with E-state index in [-0.39, 0.29) is 10.8 Å². The van der Waals surface area contributed by atoms with Crippen LogP contribution in [0.25, 0.3) is 27.5 Å². The van der Waals surface area contributed by atoms with Crippen molar-refractivity contribution in [1.29, 1.82) is 0 Å². The minimum absolute atomic E-state index is 0.191. The van der Waals surface area contributed by atoms with Gasteiger partial charge in [-0.15, -0.1) is 0 Å². The van der Waals surface area contributed by atoms with Crippen LogP contribution < -0.4 is 4.90 Å². The van der Waals surface area contributed by atoms with E-state index < -0.39 is 0 Å². The van der Waals surface area contributed by atoms with Crippen molar-refractivity contribution in [1.82, 2.24) is 4.57 Å². The lowest BCUT2D eigenvalue weighted by molar-refractivity contribution is 0.229. The maximum Gasteiger partial charge on any atom is 0.0541 e. The molecule has 1 aromatic heterocycles. The highest BCUT2D eigenvalue weighted by molar-refractivity contribution is 6.09. The minimum Gasteiger partial charge on any atom is -0.311 e. The van der Waals surface area contributed by atoms with Gasteiger partial charge in [-0.1, -0.05) is 108 Å². The largest absolute Gasteiger partial charge is 0.311 e. The van der Waals surface area contributed by atoms with E-state index in [1.165, 1.54) is 27.4 Å². The number of aromatic nitrogens is 1. The van der Waals surface area contributed by atoms with Crippen molar-refractivity contribution in [2.24, 2.45) is 10.8 Å². The van der Waals surface area contributed by atoms with Gasteiger partial charge in [0.25, 0.3) is 0 Å². The van der Waals surface area contributed by atoms with Crippen LogP contribution in [0.4, 0.5) is 17.1 Å². The van der Waals surface area contributed by atoms with Gasteiger partial charge in [0.1, 0.15) is 0 Å². The third-order valence-electron chi connectivity index (χ3n) is 8.38. The summed E-state index contributed by atoms with van der Waals surface area (Å²) in [5.74, 6) is 0.488. The molecular weight excluding hydrogens is 508 g/mol. The number of anilines is 3. The van der Waals surface area contributed by atoms with Gasteiger partial charge in [-0.25, -0.2) is 0 Å². The molecule has 6 aromatic rings. The molecule has 0 saturated heterocycles. The second kappa shape index (κ2) is 10.8. The van der Waals surface area contributed by atoms with Crippen LogP contribution >= 0.6 is 0 Å². The molecule has 0 aliphatic rings. The molecule has 0 aliphatic heterocycles. The van der Waals surface area contributed by atoms with Crippen LogP contribution in [0.5, 0.6) is 0 Å². The van der Waals surface area contributed by atoms with Crippen molar-refractivity contribution in [3.63, 3.8) is 0 Å². The Morgan fingerprint density at radius 1 is 0.524 bits per heavy atom. The number of para-hydroxylation sites is 3. The first-order valence-corrected chi connectivity index (χ1v) is 15.1. The lowest BCUT2D eigenvalue weighted by Crippen LogP contribution is -2.23. The molecule has 0 bridgehead atoms. The molecule has 1 heterocycles. The summed E-state index contributed by atoms with van der Waals surface area (Å²) in [5, 5.41) is 2.56. The Morgan fingerprint density at radius 2 is 0.976 bits per heavy atom. The molecule has 1 unspecified atom stereocenters. The average Bonchev–Trinajstić information content (AvgIpc) is 3.31. The van der Waals surface area contributed by atoms with Crippen molar-refractivity contribution in [3.05, 3.63) is 133 Å². The van der Waals surface area contributed by atoms with E-state index in [2.05, 4.69) is 178 Å². The maximum atomic E-state index is 2.37. The fraction of sp³-hybridized carbons (Fsp3) is 0.250. The lowest BCUT2D eigenvalue weighted by Gasteiger charge is -2.36. The molecule has 5 aromatic carbocycles. The topological polar surface area (TPSA) is 8.17 Å². The molecule has 6 rings (SSSR count). The maximum absolute atomic E-state index is 2.37. The van der Waals surface area contributed by atoms with Crippen molar-refractivity contribution in [2.75, 3.05) is 4.90 Å². The van der Waals surface area contributed by atoms with Crippen LogP contribution in [0, 0.1) is 10.8 Å². The second-order valence-electron chi connectivity index (χ2n) is 13.8. The van der Waals surface area contributed by atoms with E-state index in [1.807, 2.05) is 0 Å². The Labute approximate surface area is 251 Å². The Hall–Kier alpha value is -4.30. The number of hydrogen-bond donors (Lipinski definition) is 0. The normalized spacial score (nSPS) is 13.0. The van der Waals surface area contributed by atoms with E-state index in [1.54, 1.807) is 0 Å². The summed E-state index contributed by atoms with van der Waals surface area (Å²) >= 11 is 0. The number of rotatable bonds is 6. The molecular formula is C40H42N2. The van der Waals surface area contributed by atoms with E-state index in [4.69, 9.17) is 0 Å². The molecule has 212 valence electrons. The summed E-state index contributed by atoms with van der Waals surface area (Å²) in [6.45, 7) is 14.1. The van der Waals surface area contributed by atoms with Gasteiger partial charge in [0.15, 0.2) is 0 Å². The SMILES string of the molecule is CC(C)(C)CC(c1ccc(N(c2ccccc2)c2ccc(-n3c4ccccc4c4ccccc43)cc2)cc1)C(C)(C)C. The standard InChI is InChI=1S/C40H42N2/c1-39(2,3)28-36(40(4,5)6)29-20-22-31(23-21-29)41(30-14-8-7-9-15-30)32-24-26-33(27-25-32)42-37-18-12-10-16-34(37)35-17-11-13-19-38(35)42/h7-27,36H,28H2,1-6H3. The van der Waals surface area contributed by atoms with Crippen molar-refractivity contribution in [2.45, 2.75) is 53.9 Å². The van der Waals surface area contributed by atoms with E-state index >= 15 is 0 Å². The molecule has 0 amide bonds. The highest BCUT2D eigenvalue weighted by Gasteiger charge is 2.30. The third kappa shape index (κ3) is 5.46. The molecule has 0 N–H and O–H groups in total. The first-order chi connectivity index (χ1) is 20.1. The number of hydrogen-bond acceptors (Lipinski definition) is 1. The van der Waals surface area contributed by atoms with Gasteiger partial charge in [-0.3, -0.25) is 0 Å². The first kappa shape index (κ1) is 27.8. The molecule has 42 heavy (non-hydrogen) atoms. The van der Waals surface area contributed by atoms with E-state index in [9.17, 15) is 0 Å². The smallest absolute Gasteiger partial charge is 0.0541 e. The quantitative estimate of drug-likeness (QED) is 0.200. The zero-order valence-corrected chi connectivity index (χ0v) is 25.8. The average molecular weight is 551 g/mol. The van der Waals surface area contributed by atoms with Gasteiger partial charge in [0.2, 0.25) is 0 Å². The molecule has 0 aliphatic carbocycles. The Morgan fingerprint density at radius 3 is 1.48 bits per heavy atom. The zero-order chi connectivity index (χ0) is 29.5. The fourth-order valence-electron chi connectivity index (χ4n) is 6.37. The van der Waals surface area contributed by atoms with Gasteiger partial charge in [-0.2, -0.15) is 0 Å². The second-order valence-corrected chi connectivity index (χ2v) is 13.8. The molecule has 0 fully saturated rings. The van der Waals surface area contributed by atoms with Gasteiger partial charge < -0.3 is 9.47 Å². The first-order valence-electron chi connectivity index (χ1n) is 15.1. The molecule has 0 spiro atoms. The molecule has 2 heteroatoms. The van der Waals surface area contributed by atoms with Crippen LogP contribution in [0.1, 0.15) is 59.4 Å². The van der Waals surface area contributed by atoms with Gasteiger partial charge in [0, 0.05) is 33.5 Å². The van der Waals surface area contributed by atoms with E-state index in [0.717, 1.165) is 29.2 Å². The van der Waals surface area contributed by atoms with Crippen LogP contribution in [0.3, 0.4) is 0 Å². The van der Waals surface area contributed by atoms with Crippen molar-refractivity contribution >= 4 is 38.9 Å². The van der Waals surface area contributed by atoms with Crippen molar-refractivity contribution < 1.29 is 0 Å². The molecule has 2 nitrogen and oxygen atoms in total. The third-order valence-corrected chi connectivity index (χ3v) is 8.38. The number of benzene rings is 5. The highest BCUT2D eigenvalue weighted by Crippen LogP contribution is 2.44. The predicted molar refractivity (Wildman–Crippen MR) is 182 cm³/mol. The Kier molecular flexibility index (Phi) is 7.19. The van der Waals surface area contributed by atoms with Crippen molar-refractivity contribution in [3.8, 4) is 5.69 Å². The predicted octanol–water partition coefficient (Wildman–Crippen LogP) is 11.8. The summed E-state index contributed by atoms with van der Waals surface area (Å²) in [4.78, 5) is 2.36. The minimum atomic E-state index is 0.191. The number of fused-ring (bicyclic) bond motifs is 3. The van der Waals surface area contributed by atoms with Gasteiger partial charge in [0.05, 0.1) is 11.0 Å². The highest BCUT2D eigenvalue weighted by atomic mass is 15.1. The van der Waals surface area contributed by atoms with Crippen LogP contribution in [0.15, 0.2) is 127 Å².